The standard InChI is InChI=1S/C24H25N3O4/c1-31-24(30)19(16-17-8-4-2-5-9-17)25-20-21(23(29)22(20)28)27-14-12-26(13-15-27)18-10-6-3-7-11-18/h2-11,19,25H,12-16H2,1H3/t19-/m0/s1. The molecular formula is C24H25N3O4. The maximum atomic E-state index is 12.4. The van der Waals surface area contributed by atoms with Crippen LogP contribution >= 0.6 is 0 Å². The summed E-state index contributed by atoms with van der Waals surface area (Å²) in [7, 11) is 1.31. The third kappa shape index (κ3) is 4.30. The van der Waals surface area contributed by atoms with Crippen LogP contribution in [0, 0.1) is 0 Å². The van der Waals surface area contributed by atoms with E-state index in [1.807, 2.05) is 53.4 Å². The average Bonchev–Trinajstić information content (AvgIpc) is 2.83. The van der Waals surface area contributed by atoms with Crippen LogP contribution < -0.4 is 26.0 Å². The quantitative estimate of drug-likeness (QED) is 0.462. The molecule has 1 aliphatic rings. The van der Waals surface area contributed by atoms with Gasteiger partial charge in [0.1, 0.15) is 17.4 Å². The SMILES string of the molecule is COC(=O)[C@H](Cc1ccccc1)Nc1c(N2CCN(c3ccccc3)CC2)c(=O)c1=O. The van der Waals surface area contributed by atoms with Crippen LogP contribution in [0.25, 0.3) is 0 Å². The molecule has 160 valence electrons. The number of methoxy groups -OCH3 is 1. The maximum Gasteiger partial charge on any atom is 0.328 e. The van der Waals surface area contributed by atoms with E-state index >= 15 is 0 Å². The molecule has 7 nitrogen and oxygen atoms in total. The Labute approximate surface area is 180 Å². The number of nitrogens with one attached hydrogen (secondary N) is 1. The topological polar surface area (TPSA) is 79.0 Å². The largest absolute Gasteiger partial charge is 0.467 e. The van der Waals surface area contributed by atoms with Crippen LogP contribution in [-0.2, 0) is 16.0 Å². The van der Waals surface area contributed by atoms with E-state index < -0.39 is 22.9 Å². The summed E-state index contributed by atoms with van der Waals surface area (Å²) in [4.78, 5) is 41.2. The first-order valence-corrected chi connectivity index (χ1v) is 10.3. The molecule has 0 aromatic heterocycles. The van der Waals surface area contributed by atoms with Gasteiger partial charge in [-0.25, -0.2) is 4.79 Å². The van der Waals surface area contributed by atoms with E-state index in [2.05, 4.69) is 22.3 Å². The van der Waals surface area contributed by atoms with Crippen LogP contribution in [0.3, 0.4) is 0 Å². The predicted octanol–water partition coefficient (Wildman–Crippen LogP) is 1.81. The third-order valence-electron chi connectivity index (χ3n) is 5.69. The fourth-order valence-electron chi connectivity index (χ4n) is 4.00. The smallest absolute Gasteiger partial charge is 0.328 e. The molecule has 0 saturated carbocycles. The minimum Gasteiger partial charge on any atom is -0.467 e. The van der Waals surface area contributed by atoms with Crippen molar-refractivity contribution in [3.05, 3.63) is 86.7 Å². The van der Waals surface area contributed by atoms with Crippen LogP contribution in [0.4, 0.5) is 17.1 Å². The lowest BCUT2D eigenvalue weighted by molar-refractivity contribution is -0.141. The first kappa shape index (κ1) is 20.7. The van der Waals surface area contributed by atoms with Gasteiger partial charge in [0.25, 0.3) is 10.9 Å². The number of para-hydroxylation sites is 1. The fourth-order valence-corrected chi connectivity index (χ4v) is 4.00. The van der Waals surface area contributed by atoms with Gasteiger partial charge in [-0.15, -0.1) is 0 Å². The summed E-state index contributed by atoms with van der Waals surface area (Å²) in [6.45, 7) is 2.73. The summed E-state index contributed by atoms with van der Waals surface area (Å²) >= 11 is 0. The van der Waals surface area contributed by atoms with E-state index in [0.717, 1.165) is 24.3 Å². The third-order valence-corrected chi connectivity index (χ3v) is 5.69. The molecule has 31 heavy (non-hydrogen) atoms. The lowest BCUT2D eigenvalue weighted by Crippen LogP contribution is -2.52. The predicted molar refractivity (Wildman–Crippen MR) is 122 cm³/mol. The van der Waals surface area contributed by atoms with Gasteiger partial charge in [-0.3, -0.25) is 9.59 Å². The number of esters is 1. The molecule has 0 aliphatic carbocycles. The molecule has 0 unspecified atom stereocenters. The first-order chi connectivity index (χ1) is 15.1. The number of rotatable bonds is 7. The molecule has 7 heteroatoms. The summed E-state index contributed by atoms with van der Waals surface area (Å²) in [5.74, 6) is -0.475. The van der Waals surface area contributed by atoms with E-state index in [0.29, 0.717) is 25.2 Å². The van der Waals surface area contributed by atoms with Crippen molar-refractivity contribution in [2.75, 3.05) is 48.4 Å². The molecule has 1 fully saturated rings. The molecule has 3 aromatic rings. The fraction of sp³-hybridized carbons (Fsp3) is 0.292. The van der Waals surface area contributed by atoms with E-state index in [1.165, 1.54) is 7.11 Å². The Morgan fingerprint density at radius 3 is 2.10 bits per heavy atom. The van der Waals surface area contributed by atoms with Crippen LogP contribution in [0.2, 0.25) is 0 Å². The summed E-state index contributed by atoms with van der Waals surface area (Å²) in [5.41, 5.74) is 1.58. The minimum atomic E-state index is -0.750. The number of ether oxygens (including phenoxy) is 1. The van der Waals surface area contributed by atoms with Gasteiger partial charge in [0.2, 0.25) is 0 Å². The van der Waals surface area contributed by atoms with Crippen molar-refractivity contribution < 1.29 is 9.53 Å². The number of hydrogen-bond donors (Lipinski definition) is 1. The summed E-state index contributed by atoms with van der Waals surface area (Å²) < 4.78 is 4.92. The van der Waals surface area contributed by atoms with Gasteiger partial charge < -0.3 is 19.9 Å². The molecule has 1 N–H and O–H groups in total. The molecule has 1 saturated heterocycles. The number of carbonyl (C=O) groups excluding carboxylic acids is 1. The monoisotopic (exact) mass is 419 g/mol. The van der Waals surface area contributed by atoms with Gasteiger partial charge in [-0.05, 0) is 17.7 Å². The Hall–Kier alpha value is -3.61. The molecule has 3 aromatic carbocycles. The number of anilines is 3. The van der Waals surface area contributed by atoms with E-state index in [4.69, 9.17) is 4.74 Å². The molecule has 0 bridgehead atoms. The van der Waals surface area contributed by atoms with Crippen molar-refractivity contribution >= 4 is 23.0 Å². The molecule has 0 amide bonds. The average molecular weight is 419 g/mol. The van der Waals surface area contributed by atoms with Crippen LogP contribution in [-0.4, -0.2) is 45.3 Å². The van der Waals surface area contributed by atoms with Crippen LogP contribution in [0.15, 0.2) is 70.3 Å². The molecule has 4 rings (SSSR count). The van der Waals surface area contributed by atoms with Crippen molar-refractivity contribution in [1.29, 1.82) is 0 Å². The highest BCUT2D eigenvalue weighted by Crippen LogP contribution is 2.25. The van der Waals surface area contributed by atoms with E-state index in [9.17, 15) is 14.4 Å². The Morgan fingerprint density at radius 1 is 0.903 bits per heavy atom. The van der Waals surface area contributed by atoms with Gasteiger partial charge in [0, 0.05) is 38.3 Å². The summed E-state index contributed by atoms with van der Waals surface area (Å²) in [6.07, 6.45) is 0.355. The number of carbonyl (C=O) groups is 1. The summed E-state index contributed by atoms with van der Waals surface area (Å²) in [5, 5.41) is 3.00. The van der Waals surface area contributed by atoms with Crippen LogP contribution in [0.5, 0.6) is 0 Å². The van der Waals surface area contributed by atoms with Crippen molar-refractivity contribution in [3.63, 3.8) is 0 Å². The lowest BCUT2D eigenvalue weighted by atomic mass is 10.0. The van der Waals surface area contributed by atoms with E-state index in [-0.39, 0.29) is 5.69 Å². The number of benzene rings is 2. The second-order valence-corrected chi connectivity index (χ2v) is 7.60. The summed E-state index contributed by atoms with van der Waals surface area (Å²) in [6, 6.07) is 18.8. The molecule has 1 aliphatic heterocycles. The molecule has 0 radical (unpaired) electrons. The maximum absolute atomic E-state index is 12.4. The van der Waals surface area contributed by atoms with Crippen molar-refractivity contribution in [2.24, 2.45) is 0 Å². The van der Waals surface area contributed by atoms with Crippen molar-refractivity contribution in [1.82, 2.24) is 0 Å². The molecule has 1 heterocycles. The first-order valence-electron chi connectivity index (χ1n) is 10.3. The Balaban J connectivity index is 1.49. The Morgan fingerprint density at radius 2 is 1.48 bits per heavy atom. The highest BCUT2D eigenvalue weighted by molar-refractivity contribution is 5.84. The van der Waals surface area contributed by atoms with Crippen LogP contribution in [0.1, 0.15) is 5.56 Å². The zero-order valence-corrected chi connectivity index (χ0v) is 17.4. The van der Waals surface area contributed by atoms with Gasteiger partial charge in [-0.2, -0.15) is 0 Å². The number of nitrogens with zero attached hydrogens (tertiary/aromatic N) is 2. The molecule has 0 spiro atoms. The Bertz CT molecular complexity index is 1100. The normalized spacial score (nSPS) is 15.0. The van der Waals surface area contributed by atoms with Gasteiger partial charge in [0.05, 0.1) is 7.11 Å². The molecular weight excluding hydrogens is 394 g/mol. The second-order valence-electron chi connectivity index (χ2n) is 7.60. The Kier molecular flexibility index (Phi) is 6.02. The van der Waals surface area contributed by atoms with Crippen molar-refractivity contribution in [2.45, 2.75) is 12.5 Å². The number of hydrogen-bond acceptors (Lipinski definition) is 7. The zero-order valence-electron chi connectivity index (χ0n) is 17.4. The second kappa shape index (κ2) is 9.04. The number of piperazine rings is 1. The zero-order chi connectivity index (χ0) is 21.8. The van der Waals surface area contributed by atoms with E-state index in [1.54, 1.807) is 0 Å². The van der Waals surface area contributed by atoms with Gasteiger partial charge in [0.15, 0.2) is 0 Å². The molecule has 1 atom stereocenters. The van der Waals surface area contributed by atoms with Gasteiger partial charge >= 0.3 is 5.97 Å². The lowest BCUT2D eigenvalue weighted by Gasteiger charge is -2.38. The minimum absolute atomic E-state index is 0.212. The highest BCUT2D eigenvalue weighted by Gasteiger charge is 2.31. The van der Waals surface area contributed by atoms with Gasteiger partial charge in [-0.1, -0.05) is 48.5 Å². The van der Waals surface area contributed by atoms with Crippen molar-refractivity contribution in [3.8, 4) is 0 Å². The highest BCUT2D eigenvalue weighted by atomic mass is 16.5.